The van der Waals surface area contributed by atoms with Gasteiger partial charge in [0.05, 0.1) is 17.7 Å². The van der Waals surface area contributed by atoms with E-state index in [9.17, 15) is 36.2 Å². The Morgan fingerprint density at radius 3 is 2.10 bits per heavy atom. The van der Waals surface area contributed by atoms with Crippen molar-refractivity contribution in [1.82, 2.24) is 4.90 Å². The highest BCUT2D eigenvalue weighted by atomic mass is 19.4. The van der Waals surface area contributed by atoms with E-state index in [2.05, 4.69) is 0 Å². The highest BCUT2D eigenvalue weighted by Gasteiger charge is 2.49. The van der Waals surface area contributed by atoms with Crippen LogP contribution in [0.2, 0.25) is 0 Å². The summed E-state index contributed by atoms with van der Waals surface area (Å²) in [5.74, 6) is -5.04. The van der Waals surface area contributed by atoms with Crippen molar-refractivity contribution in [3.05, 3.63) is 70.8 Å². The second kappa shape index (κ2) is 8.16. The maximum Gasteiger partial charge on any atom is 0.416 e. The summed E-state index contributed by atoms with van der Waals surface area (Å²) in [6.45, 7) is 1.23. The van der Waals surface area contributed by atoms with E-state index in [1.807, 2.05) is 0 Å². The molecule has 1 aliphatic heterocycles. The molecule has 10 heteroatoms. The van der Waals surface area contributed by atoms with Gasteiger partial charge in [0, 0.05) is 19.0 Å². The van der Waals surface area contributed by atoms with Crippen LogP contribution in [0.25, 0.3) is 0 Å². The molecule has 2 aromatic rings. The third-order valence-electron chi connectivity index (χ3n) is 5.19. The monoisotopic (exact) mass is 447 g/mol. The van der Waals surface area contributed by atoms with Crippen molar-refractivity contribution in [3.8, 4) is 0 Å². The van der Waals surface area contributed by atoms with Crippen LogP contribution in [-0.2, 0) is 28.4 Å². The van der Waals surface area contributed by atoms with Gasteiger partial charge in [-0.25, -0.2) is 0 Å². The molecule has 4 nitrogen and oxygen atoms in total. The Bertz CT molecular complexity index is 912. The zero-order chi connectivity index (χ0) is 23.0. The van der Waals surface area contributed by atoms with E-state index in [-0.39, 0.29) is 25.8 Å². The molecule has 0 saturated carbocycles. The number of carbonyl (C=O) groups excluding carboxylic acids is 1. The number of hydrogen-bond acceptors (Lipinski definition) is 3. The molecular formula is C21H19F6NO3. The molecule has 0 bridgehead atoms. The molecule has 0 aromatic heterocycles. The van der Waals surface area contributed by atoms with Crippen molar-refractivity contribution < 1.29 is 41.0 Å². The standard InChI is InChI=1S/C21H19F6NO3/c1-13(15-9-16(20(22,23)24)11-17(10-15)21(25,26)27)19(30)18(29)28(7-8-31-19)12-14-5-3-2-4-6-14/h2-6,9-11,13,30H,7-8,12H2,1H3/t13-,19-/m1/s1. The number of rotatable bonds is 4. The average Bonchev–Trinajstić information content (AvgIpc) is 2.70. The van der Waals surface area contributed by atoms with E-state index in [1.165, 1.54) is 4.90 Å². The number of ether oxygens (including phenoxy) is 1. The van der Waals surface area contributed by atoms with Crippen molar-refractivity contribution in [2.75, 3.05) is 13.2 Å². The Kier molecular flexibility index (Phi) is 6.07. The molecule has 31 heavy (non-hydrogen) atoms. The van der Waals surface area contributed by atoms with Gasteiger partial charge in [0.15, 0.2) is 0 Å². The smallest absolute Gasteiger partial charge is 0.358 e. The van der Waals surface area contributed by atoms with Crippen LogP contribution in [0.5, 0.6) is 0 Å². The zero-order valence-electron chi connectivity index (χ0n) is 16.3. The molecule has 0 radical (unpaired) electrons. The molecule has 0 unspecified atom stereocenters. The topological polar surface area (TPSA) is 49.8 Å². The van der Waals surface area contributed by atoms with E-state index >= 15 is 0 Å². The number of hydrogen-bond donors (Lipinski definition) is 1. The number of amides is 1. The summed E-state index contributed by atoms with van der Waals surface area (Å²) in [5.41, 5.74) is -2.83. The van der Waals surface area contributed by atoms with Crippen LogP contribution >= 0.6 is 0 Å². The van der Waals surface area contributed by atoms with Gasteiger partial charge >= 0.3 is 12.4 Å². The Balaban J connectivity index is 1.96. The van der Waals surface area contributed by atoms with Crippen molar-refractivity contribution in [2.24, 2.45) is 0 Å². The van der Waals surface area contributed by atoms with E-state index in [0.717, 1.165) is 12.5 Å². The van der Waals surface area contributed by atoms with Gasteiger partial charge in [0.1, 0.15) is 0 Å². The van der Waals surface area contributed by atoms with Crippen molar-refractivity contribution in [2.45, 2.75) is 37.5 Å². The van der Waals surface area contributed by atoms with Gasteiger partial charge in [-0.1, -0.05) is 37.3 Å². The fourth-order valence-electron chi connectivity index (χ4n) is 3.42. The fourth-order valence-corrected chi connectivity index (χ4v) is 3.42. The molecule has 0 spiro atoms. The van der Waals surface area contributed by atoms with Crippen LogP contribution in [-0.4, -0.2) is 34.9 Å². The molecular weight excluding hydrogens is 428 g/mol. The number of nitrogens with zero attached hydrogens (tertiary/aromatic N) is 1. The van der Waals surface area contributed by atoms with E-state index in [4.69, 9.17) is 4.74 Å². The second-order valence-electron chi connectivity index (χ2n) is 7.32. The SMILES string of the molecule is C[C@H](c1cc(C(F)(F)F)cc(C(F)(F)F)c1)[C@@]1(O)OCCN(Cc2ccccc2)C1=O. The van der Waals surface area contributed by atoms with Crippen LogP contribution in [0.15, 0.2) is 48.5 Å². The zero-order valence-corrected chi connectivity index (χ0v) is 16.3. The molecule has 168 valence electrons. The molecule has 1 heterocycles. The minimum Gasteiger partial charge on any atom is -0.358 e. The molecule has 2 aromatic carbocycles. The molecule has 1 aliphatic rings. The molecule has 1 amide bonds. The summed E-state index contributed by atoms with van der Waals surface area (Å²) >= 11 is 0. The first kappa shape index (κ1) is 23.1. The van der Waals surface area contributed by atoms with E-state index in [1.54, 1.807) is 30.3 Å². The van der Waals surface area contributed by atoms with Crippen LogP contribution < -0.4 is 0 Å². The predicted octanol–water partition coefficient (Wildman–Crippen LogP) is 4.58. The molecule has 1 saturated heterocycles. The first-order valence-corrected chi connectivity index (χ1v) is 9.31. The van der Waals surface area contributed by atoms with Crippen molar-refractivity contribution in [3.63, 3.8) is 0 Å². The van der Waals surface area contributed by atoms with E-state index < -0.39 is 46.7 Å². The summed E-state index contributed by atoms with van der Waals surface area (Å²) in [5, 5.41) is 10.9. The molecule has 1 fully saturated rings. The molecule has 0 aliphatic carbocycles. The van der Waals surface area contributed by atoms with Crippen LogP contribution in [0.4, 0.5) is 26.3 Å². The van der Waals surface area contributed by atoms with Gasteiger partial charge in [0.2, 0.25) is 0 Å². The van der Waals surface area contributed by atoms with E-state index in [0.29, 0.717) is 12.1 Å². The normalized spacial score (nSPS) is 21.3. The number of benzene rings is 2. The third kappa shape index (κ3) is 4.85. The Morgan fingerprint density at radius 2 is 1.58 bits per heavy atom. The average molecular weight is 447 g/mol. The third-order valence-corrected chi connectivity index (χ3v) is 5.19. The van der Waals surface area contributed by atoms with Gasteiger partial charge in [-0.2, -0.15) is 26.3 Å². The van der Waals surface area contributed by atoms with Crippen molar-refractivity contribution >= 4 is 5.91 Å². The summed E-state index contributed by atoms with van der Waals surface area (Å²) in [6, 6.07) is 9.73. The number of alkyl halides is 6. The Labute approximate surface area is 174 Å². The minimum absolute atomic E-state index is 0.00841. The lowest BCUT2D eigenvalue weighted by Crippen LogP contribution is -2.58. The maximum absolute atomic E-state index is 13.2. The van der Waals surface area contributed by atoms with Gasteiger partial charge in [-0.15, -0.1) is 0 Å². The van der Waals surface area contributed by atoms with Gasteiger partial charge in [-0.3, -0.25) is 4.79 Å². The maximum atomic E-state index is 13.2. The number of morpholine rings is 1. The highest BCUT2D eigenvalue weighted by molar-refractivity contribution is 5.85. The quantitative estimate of drug-likeness (QED) is 0.699. The Hall–Kier alpha value is -2.59. The lowest BCUT2D eigenvalue weighted by Gasteiger charge is -2.41. The molecule has 2 atom stereocenters. The number of halogens is 6. The van der Waals surface area contributed by atoms with Gasteiger partial charge in [-0.05, 0) is 29.3 Å². The molecule has 1 N–H and O–H groups in total. The van der Waals surface area contributed by atoms with Crippen molar-refractivity contribution in [1.29, 1.82) is 0 Å². The summed E-state index contributed by atoms with van der Waals surface area (Å²) in [4.78, 5) is 14.2. The minimum atomic E-state index is -5.05. The summed E-state index contributed by atoms with van der Waals surface area (Å²) < 4.78 is 84.3. The van der Waals surface area contributed by atoms with Crippen LogP contribution in [0.3, 0.4) is 0 Å². The molecule has 3 rings (SSSR count). The van der Waals surface area contributed by atoms with Crippen LogP contribution in [0.1, 0.15) is 35.1 Å². The lowest BCUT2D eigenvalue weighted by atomic mass is 9.87. The van der Waals surface area contributed by atoms with Crippen LogP contribution in [0, 0.1) is 0 Å². The second-order valence-corrected chi connectivity index (χ2v) is 7.32. The predicted molar refractivity (Wildman–Crippen MR) is 97.6 cm³/mol. The largest absolute Gasteiger partial charge is 0.416 e. The lowest BCUT2D eigenvalue weighted by molar-refractivity contribution is -0.241. The van der Waals surface area contributed by atoms with Gasteiger partial charge < -0.3 is 14.7 Å². The fraction of sp³-hybridized carbons (Fsp3) is 0.381. The highest BCUT2D eigenvalue weighted by Crippen LogP contribution is 2.41. The number of aliphatic hydroxyl groups is 1. The first-order valence-electron chi connectivity index (χ1n) is 9.31. The van der Waals surface area contributed by atoms with Gasteiger partial charge in [0.25, 0.3) is 11.7 Å². The Morgan fingerprint density at radius 1 is 1.03 bits per heavy atom. The first-order chi connectivity index (χ1) is 14.3. The summed E-state index contributed by atoms with van der Waals surface area (Å²) in [6.07, 6.45) is -10.1. The summed E-state index contributed by atoms with van der Waals surface area (Å²) in [7, 11) is 0. The number of carbonyl (C=O) groups is 1.